The van der Waals surface area contributed by atoms with Gasteiger partial charge in [0.05, 0.1) is 36.6 Å². The molecule has 3 saturated carbocycles. The van der Waals surface area contributed by atoms with Crippen LogP contribution in [-0.2, 0) is 81.5 Å². The van der Waals surface area contributed by atoms with Crippen molar-refractivity contribution in [3.63, 3.8) is 0 Å². The SMILES string of the molecule is CCCCC[C@H](O)CC[C@@H]1[C@H]2Cc3cccc(OCC(=O)OCC(=O)O)c3C[C@H]2C[C@H]1O.CCCCC[C@H](O)CC[C@@H]1[C@H]2Cc3cccc(OCC(=O)O[C@@H](C)C(=O)O)c3C[C@H]2C[C@H]1O.CCCCC[C@H](O)CC[C@@H]1[C@H]2Cc3cccc(OCC(=O)O[C@H](C)C(=O)O)c3C[C@H]2C[C@H]1O. The van der Waals surface area contributed by atoms with E-state index in [2.05, 4.69) is 43.7 Å². The number of carboxylic acid groups (broad SMARTS) is 3. The summed E-state index contributed by atoms with van der Waals surface area (Å²) in [5.41, 5.74) is 6.69. The van der Waals surface area contributed by atoms with E-state index in [4.69, 9.17) is 39.0 Å². The van der Waals surface area contributed by atoms with Gasteiger partial charge in [-0.2, -0.15) is 0 Å². The number of rotatable bonds is 36. The Bertz CT molecular complexity index is 2890. The molecule has 6 aliphatic rings. The monoisotopic (exact) mass is 1370 g/mol. The van der Waals surface area contributed by atoms with Crippen LogP contribution in [0.25, 0.3) is 0 Å². The largest absolute Gasteiger partial charge is 0.482 e. The number of hydrogen-bond acceptors (Lipinski definition) is 18. The van der Waals surface area contributed by atoms with Gasteiger partial charge in [0.2, 0.25) is 0 Å². The summed E-state index contributed by atoms with van der Waals surface area (Å²) in [5.74, 6) is -1.11. The van der Waals surface area contributed by atoms with Crippen molar-refractivity contribution < 1.29 is 103 Å². The van der Waals surface area contributed by atoms with Crippen LogP contribution in [0.4, 0.5) is 0 Å². The quantitative estimate of drug-likeness (QED) is 0.0148. The number of aliphatic hydroxyl groups is 6. The summed E-state index contributed by atoms with van der Waals surface area (Å²) in [6.07, 6.45) is 20.1. The first-order chi connectivity index (χ1) is 47.0. The highest BCUT2D eigenvalue weighted by atomic mass is 16.6. The van der Waals surface area contributed by atoms with E-state index in [1.807, 2.05) is 36.4 Å². The molecule has 0 unspecified atom stereocenters. The Morgan fingerprint density at radius 1 is 0.418 bits per heavy atom. The highest BCUT2D eigenvalue weighted by molar-refractivity contribution is 5.79. The van der Waals surface area contributed by atoms with Crippen LogP contribution in [0.5, 0.6) is 17.2 Å². The Hall–Kier alpha value is -6.36. The minimum Gasteiger partial charge on any atom is -0.482 e. The van der Waals surface area contributed by atoms with Crippen molar-refractivity contribution in [2.24, 2.45) is 53.3 Å². The smallest absolute Gasteiger partial charge is 0.345 e. The lowest BCUT2D eigenvalue weighted by molar-refractivity contribution is -0.163. The lowest BCUT2D eigenvalue weighted by Crippen LogP contribution is -2.29. The number of aliphatic carboxylic acids is 3. The number of esters is 3. The maximum atomic E-state index is 11.9. The maximum Gasteiger partial charge on any atom is 0.345 e. The van der Waals surface area contributed by atoms with Gasteiger partial charge in [-0.15, -0.1) is 0 Å². The molecule has 3 fully saturated rings. The Morgan fingerprint density at radius 3 is 1.01 bits per heavy atom. The molecule has 21 nitrogen and oxygen atoms in total. The zero-order valence-electron chi connectivity index (χ0n) is 58.4. The molecule has 9 N–H and O–H groups in total. The molecular formula is C77H112O21. The van der Waals surface area contributed by atoms with Crippen molar-refractivity contribution in [3.8, 4) is 17.2 Å². The molecule has 0 radical (unpaired) electrons. The molecule has 9 rings (SSSR count). The highest BCUT2D eigenvalue weighted by Crippen LogP contribution is 2.51. The second-order valence-corrected chi connectivity index (χ2v) is 28.6. The average Bonchev–Trinajstić information content (AvgIpc) is 1.56. The molecule has 0 spiro atoms. The van der Waals surface area contributed by atoms with Crippen molar-refractivity contribution in [3.05, 3.63) is 88.0 Å². The lowest BCUT2D eigenvalue weighted by Gasteiger charge is -2.32. The third-order valence-corrected chi connectivity index (χ3v) is 21.7. The molecule has 17 atom stereocenters. The average molecular weight is 1370 g/mol. The molecule has 3 aromatic rings. The van der Waals surface area contributed by atoms with Gasteiger partial charge in [0.25, 0.3) is 0 Å². The maximum absolute atomic E-state index is 11.9. The third kappa shape index (κ3) is 23.4. The molecule has 0 heterocycles. The van der Waals surface area contributed by atoms with E-state index in [1.165, 1.54) is 30.5 Å². The molecule has 0 bridgehead atoms. The van der Waals surface area contributed by atoms with Crippen LogP contribution in [0.15, 0.2) is 54.6 Å². The van der Waals surface area contributed by atoms with Crippen LogP contribution in [0.2, 0.25) is 0 Å². The van der Waals surface area contributed by atoms with Crippen LogP contribution in [0.3, 0.4) is 0 Å². The van der Waals surface area contributed by atoms with Crippen LogP contribution >= 0.6 is 0 Å². The Morgan fingerprint density at radius 2 is 0.724 bits per heavy atom. The van der Waals surface area contributed by atoms with E-state index in [9.17, 15) is 59.4 Å². The molecule has 3 aromatic carbocycles. The van der Waals surface area contributed by atoms with E-state index in [0.717, 1.165) is 190 Å². The van der Waals surface area contributed by atoms with Crippen LogP contribution in [0.1, 0.15) is 203 Å². The van der Waals surface area contributed by atoms with Crippen LogP contribution in [-0.4, -0.2) is 157 Å². The summed E-state index contributed by atoms with van der Waals surface area (Å²) >= 11 is 0. The van der Waals surface area contributed by atoms with Crippen molar-refractivity contribution in [1.82, 2.24) is 0 Å². The highest BCUT2D eigenvalue weighted by Gasteiger charge is 2.48. The number of fused-ring (bicyclic) bond motifs is 6. The normalized spacial score (nSPS) is 25.4. The van der Waals surface area contributed by atoms with Crippen molar-refractivity contribution in [1.29, 1.82) is 0 Å². The molecule has 0 aliphatic heterocycles. The Kier molecular flexibility index (Phi) is 31.9. The number of unbranched alkanes of at least 4 members (excludes halogenated alkanes) is 6. The fraction of sp³-hybridized carbons (Fsp3) is 0.688. The minimum atomic E-state index is -1.21. The first kappa shape index (κ1) is 79.0. The second kappa shape index (κ2) is 39.6. The molecule has 6 aliphatic carbocycles. The van der Waals surface area contributed by atoms with E-state index in [0.29, 0.717) is 52.8 Å². The predicted octanol–water partition coefficient (Wildman–Crippen LogP) is 10.2. The second-order valence-electron chi connectivity index (χ2n) is 28.6. The van der Waals surface area contributed by atoms with Crippen LogP contribution < -0.4 is 14.2 Å². The minimum absolute atomic E-state index is 0.195. The fourth-order valence-corrected chi connectivity index (χ4v) is 16.5. The Labute approximate surface area is 578 Å². The molecule has 0 saturated heterocycles. The van der Waals surface area contributed by atoms with Gasteiger partial charge in [0.1, 0.15) is 17.2 Å². The zero-order valence-corrected chi connectivity index (χ0v) is 58.4. The predicted molar refractivity (Wildman–Crippen MR) is 364 cm³/mol. The summed E-state index contributed by atoms with van der Waals surface area (Å²) in [7, 11) is 0. The van der Waals surface area contributed by atoms with Gasteiger partial charge in [-0.1, -0.05) is 115 Å². The summed E-state index contributed by atoms with van der Waals surface area (Å²) in [4.78, 5) is 67.7. The molecule has 546 valence electrons. The molecule has 0 aromatic heterocycles. The first-order valence-electron chi connectivity index (χ1n) is 36.5. The van der Waals surface area contributed by atoms with Crippen LogP contribution in [0, 0.1) is 53.3 Å². The number of carboxylic acids is 3. The van der Waals surface area contributed by atoms with E-state index < -0.39 is 54.6 Å². The van der Waals surface area contributed by atoms with Gasteiger partial charge in [-0.3, -0.25) is 0 Å². The lowest BCUT2D eigenvalue weighted by atomic mass is 9.73. The van der Waals surface area contributed by atoms with Crippen molar-refractivity contribution in [2.45, 2.75) is 257 Å². The fourth-order valence-electron chi connectivity index (χ4n) is 16.5. The molecule has 21 heteroatoms. The summed E-state index contributed by atoms with van der Waals surface area (Å²) in [5, 5.41) is 89.6. The first-order valence-corrected chi connectivity index (χ1v) is 36.5. The number of carbonyl (C=O) groups excluding carboxylic acids is 3. The van der Waals surface area contributed by atoms with Gasteiger partial charge < -0.3 is 74.4 Å². The van der Waals surface area contributed by atoms with Crippen molar-refractivity contribution in [2.75, 3.05) is 26.4 Å². The molecular weight excluding hydrogens is 1260 g/mol. The number of hydrogen-bond donors (Lipinski definition) is 9. The third-order valence-electron chi connectivity index (χ3n) is 21.7. The zero-order chi connectivity index (χ0) is 71.0. The number of aliphatic hydroxyl groups excluding tert-OH is 6. The van der Waals surface area contributed by atoms with E-state index in [1.54, 1.807) is 0 Å². The van der Waals surface area contributed by atoms with E-state index in [-0.39, 0.29) is 74.2 Å². The molecule has 98 heavy (non-hydrogen) atoms. The van der Waals surface area contributed by atoms with E-state index >= 15 is 0 Å². The number of carbonyl (C=O) groups is 6. The number of ether oxygens (including phenoxy) is 6. The van der Waals surface area contributed by atoms with Crippen molar-refractivity contribution >= 4 is 35.8 Å². The van der Waals surface area contributed by atoms with Gasteiger partial charge >= 0.3 is 35.8 Å². The topological polar surface area (TPSA) is 340 Å². The standard InChI is InChI=1S/2C26H38O7.C25H36O7/c2*1-3-4-5-8-19(27)10-11-20-21-12-17-7-6-9-24(22(17)13-18(21)14-23(20)28)32-15-25(29)33-16(2)26(30)31;1-2-3-4-7-18(26)9-10-19-20-11-16-6-5-8-23(21(16)12-17(20)13-22(19)27)31-15-25(30)32-14-24(28)29/h2*6-7,9,16,18-21,23,27-28H,3-5,8,10-15H2,1-2H3,(H,30,31);5-6,8,17-20,22,26-27H,2-4,7,9-15H2,1H3,(H,28,29)/t16-,18+,19+,20-,21+,23-;16-,18-,19-,20+,21-,23+;17-,18-,19+,20-,22+/m100/s1. The number of benzene rings is 3. The van der Waals surface area contributed by atoms with Gasteiger partial charge in [0, 0.05) is 0 Å². The summed E-state index contributed by atoms with van der Waals surface area (Å²) < 4.78 is 31.4. The Balaban J connectivity index is 0.000000207. The van der Waals surface area contributed by atoms with Gasteiger partial charge in [0.15, 0.2) is 38.6 Å². The summed E-state index contributed by atoms with van der Waals surface area (Å²) in [6.45, 7) is 7.38. The van der Waals surface area contributed by atoms with Gasteiger partial charge in [-0.25, -0.2) is 28.8 Å². The molecule has 0 amide bonds. The summed E-state index contributed by atoms with van der Waals surface area (Å²) in [6, 6.07) is 17.4. The van der Waals surface area contributed by atoms with Gasteiger partial charge in [-0.05, 0) is 234 Å².